The van der Waals surface area contributed by atoms with Crippen LogP contribution in [0.2, 0.25) is 0 Å². The number of thiophene rings is 1. The van der Waals surface area contributed by atoms with E-state index in [1.54, 1.807) is 6.07 Å². The largest absolute Gasteiger partial charge is 0.390 e. The molecule has 2 fully saturated rings. The summed E-state index contributed by atoms with van der Waals surface area (Å²) in [5.41, 5.74) is 5.40. The van der Waals surface area contributed by atoms with Gasteiger partial charge >= 0.3 is 0 Å². The first kappa shape index (κ1) is 32.6. The zero-order chi connectivity index (χ0) is 27.0. The molecule has 36 heavy (non-hydrogen) atoms. The third-order valence-corrected chi connectivity index (χ3v) is 12.4. The Labute approximate surface area is 238 Å². The number of β-amino-alcohol motifs (C(OH)–C–C–N with tert-alkyl or cyclic N) is 2. The summed E-state index contributed by atoms with van der Waals surface area (Å²) in [4.78, 5) is 4.64. The van der Waals surface area contributed by atoms with E-state index >= 15 is 0 Å². The number of nitrogens with one attached hydrogen (secondary N) is 1. The molecule has 3 rings (SSSR count). The molecule has 0 spiro atoms. The number of aliphatic hydroxyl groups excluding tert-OH is 2. The second-order valence-electron chi connectivity index (χ2n) is 10.2. The molecule has 12 heteroatoms. The van der Waals surface area contributed by atoms with Gasteiger partial charge in [0.05, 0.1) is 16.0 Å². The minimum Gasteiger partial charge on any atom is -0.390 e. The molecule has 210 valence electrons. The van der Waals surface area contributed by atoms with Crippen LogP contribution in [0, 0.1) is 0 Å². The summed E-state index contributed by atoms with van der Waals surface area (Å²) in [5.74, 6) is 0. The summed E-state index contributed by atoms with van der Waals surface area (Å²) in [5, 5.41) is 19.7. The van der Waals surface area contributed by atoms with Gasteiger partial charge in [-0.1, -0.05) is 12.8 Å². The lowest BCUT2D eigenvalue weighted by Gasteiger charge is -2.40. The number of sulfonamides is 1. The Hall–Kier alpha value is 0.370. The average molecular weight is 677 g/mol. The van der Waals surface area contributed by atoms with Crippen LogP contribution in [0.5, 0.6) is 0 Å². The minimum atomic E-state index is -3.59. The molecule has 0 saturated carbocycles. The van der Waals surface area contributed by atoms with Crippen LogP contribution >= 0.6 is 43.2 Å². The molecular weight excluding hydrogens is 632 g/mol. The Balaban J connectivity index is 0.000000297. The van der Waals surface area contributed by atoms with E-state index in [-0.39, 0.29) is 16.9 Å². The number of aliphatic hydroxyl groups is 2. The average Bonchev–Trinajstić information content (AvgIpc) is 3.17. The van der Waals surface area contributed by atoms with E-state index in [1.807, 2.05) is 0 Å². The van der Waals surface area contributed by atoms with Gasteiger partial charge in [0.2, 0.25) is 10.0 Å². The van der Waals surface area contributed by atoms with Gasteiger partial charge in [0, 0.05) is 54.8 Å². The van der Waals surface area contributed by atoms with Crippen molar-refractivity contribution in [1.82, 2.24) is 14.5 Å². The smallest absolute Gasteiger partial charge is 0.250 e. The highest BCUT2D eigenvalue weighted by atomic mass is 79.9. The van der Waals surface area contributed by atoms with Crippen LogP contribution in [0.25, 0.3) is 0 Å². The van der Waals surface area contributed by atoms with Crippen LogP contribution in [0.4, 0.5) is 0 Å². The highest BCUT2D eigenvalue weighted by Gasteiger charge is 2.28. The van der Waals surface area contributed by atoms with Crippen molar-refractivity contribution < 1.29 is 18.6 Å². The monoisotopic (exact) mass is 674 g/mol. The highest BCUT2D eigenvalue weighted by Crippen LogP contribution is 2.34. The summed E-state index contributed by atoms with van der Waals surface area (Å²) >= 11 is 7.71. The Morgan fingerprint density at radius 3 is 1.81 bits per heavy atom. The van der Waals surface area contributed by atoms with Crippen molar-refractivity contribution in [3.63, 3.8) is 0 Å². The fraction of sp³-hybridized carbons (Fsp3) is 0.833. The molecule has 2 aliphatic heterocycles. The minimum absolute atomic E-state index is 0.0193. The van der Waals surface area contributed by atoms with Gasteiger partial charge in [-0.15, -0.1) is 11.3 Å². The first-order valence-electron chi connectivity index (χ1n) is 12.9. The molecule has 0 radical (unpaired) electrons. The van der Waals surface area contributed by atoms with Gasteiger partial charge in [-0.3, -0.25) is 9.80 Å². The molecule has 6 atom stereocenters. The molecule has 0 amide bonds. The van der Waals surface area contributed by atoms with Crippen molar-refractivity contribution in [3.05, 3.63) is 14.3 Å². The number of rotatable bonds is 9. The van der Waals surface area contributed by atoms with E-state index in [2.05, 4.69) is 74.1 Å². The topological polar surface area (TPSA) is 119 Å². The van der Waals surface area contributed by atoms with Crippen LogP contribution in [-0.2, 0) is 10.0 Å². The Morgan fingerprint density at radius 1 is 0.972 bits per heavy atom. The molecule has 8 nitrogen and oxygen atoms in total. The zero-order valence-electron chi connectivity index (χ0n) is 21.9. The second kappa shape index (κ2) is 15.2. The van der Waals surface area contributed by atoms with Gasteiger partial charge in [0.1, 0.15) is 4.21 Å². The third kappa shape index (κ3) is 9.84. The van der Waals surface area contributed by atoms with Crippen molar-refractivity contribution in [2.45, 2.75) is 107 Å². The number of hydrogen-bond donors (Lipinski definition) is 4. The molecule has 2 aliphatic rings. The van der Waals surface area contributed by atoms with Gasteiger partial charge in [-0.2, -0.15) is 0 Å². The number of piperidine rings is 2. The number of nitrogens with two attached hydrogens (primary N) is 1. The molecular formula is C24H44Br2N4O4S2. The maximum Gasteiger partial charge on any atom is 0.250 e. The van der Waals surface area contributed by atoms with Crippen LogP contribution < -0.4 is 10.5 Å². The Morgan fingerprint density at radius 2 is 1.42 bits per heavy atom. The van der Waals surface area contributed by atoms with Gasteiger partial charge in [0.15, 0.2) is 0 Å². The van der Waals surface area contributed by atoms with Crippen LogP contribution in [0.15, 0.2) is 18.5 Å². The van der Waals surface area contributed by atoms with Crippen LogP contribution in [-0.4, -0.2) is 91.0 Å². The van der Waals surface area contributed by atoms with Gasteiger partial charge in [-0.25, -0.2) is 13.1 Å². The van der Waals surface area contributed by atoms with Crippen LogP contribution in [0.3, 0.4) is 0 Å². The summed E-state index contributed by atoms with van der Waals surface area (Å²) in [6.45, 7) is 10.4. The van der Waals surface area contributed by atoms with Crippen molar-refractivity contribution in [2.75, 3.05) is 26.2 Å². The summed E-state index contributed by atoms with van der Waals surface area (Å²) in [6.07, 6.45) is 6.20. The van der Waals surface area contributed by atoms with E-state index in [0.717, 1.165) is 34.5 Å². The maximum absolute atomic E-state index is 12.3. The molecule has 0 aliphatic carbocycles. The van der Waals surface area contributed by atoms with Gasteiger partial charge < -0.3 is 15.9 Å². The van der Waals surface area contributed by atoms with Crippen molar-refractivity contribution in [3.8, 4) is 0 Å². The molecule has 5 N–H and O–H groups in total. The first-order valence-corrected chi connectivity index (χ1v) is 16.8. The van der Waals surface area contributed by atoms with E-state index < -0.39 is 16.1 Å². The third-order valence-electron chi connectivity index (χ3n) is 7.26. The molecule has 2 saturated heterocycles. The first-order chi connectivity index (χ1) is 16.9. The second-order valence-corrected chi connectivity index (χ2v) is 15.5. The Bertz CT molecular complexity index is 865. The van der Waals surface area contributed by atoms with Crippen LogP contribution in [0.1, 0.15) is 66.2 Å². The number of likely N-dealkylation sites (tertiary alicyclic amines) is 2. The van der Waals surface area contributed by atoms with E-state index in [4.69, 9.17) is 5.73 Å². The number of hydrogen-bond acceptors (Lipinski definition) is 8. The normalized spacial score (nSPS) is 27.8. The highest BCUT2D eigenvalue weighted by molar-refractivity contribution is 9.13. The van der Waals surface area contributed by atoms with Gasteiger partial charge in [0.25, 0.3) is 0 Å². The lowest BCUT2D eigenvalue weighted by atomic mass is 9.97. The van der Waals surface area contributed by atoms with E-state index in [1.165, 1.54) is 25.7 Å². The lowest BCUT2D eigenvalue weighted by molar-refractivity contribution is 0.0438. The fourth-order valence-corrected chi connectivity index (χ4v) is 8.97. The maximum atomic E-state index is 12.3. The molecule has 3 heterocycles. The van der Waals surface area contributed by atoms with Crippen molar-refractivity contribution >= 4 is 53.2 Å². The standard InChI is InChI=1S/C14H22Br2N2O3S2.C10H22N2O/c1-9-4-3-5-10(2)18(9)8-11(19)7-17-23(20,21)13-6-12(15)14(16)22-13;1-8-4-3-5-9(2)12(8)7-10(13)6-11/h6,9-11,17,19H,3-5,7-8H2,1-2H3;8-10,13H,3-7,11H2,1-2H3/t9-,10+,11-;8-,9+,10-/m01/s1. The van der Waals surface area contributed by atoms with E-state index in [9.17, 15) is 18.6 Å². The molecule has 1 aromatic rings. The Kier molecular flexibility index (Phi) is 13.8. The predicted octanol–water partition coefficient (Wildman–Crippen LogP) is 3.74. The summed E-state index contributed by atoms with van der Waals surface area (Å²) < 4.78 is 28.7. The molecule has 0 aromatic carbocycles. The lowest BCUT2D eigenvalue weighted by Crippen LogP contribution is -2.49. The quantitative estimate of drug-likeness (QED) is 0.315. The van der Waals surface area contributed by atoms with Gasteiger partial charge in [-0.05, 0) is 91.3 Å². The molecule has 1 aromatic heterocycles. The predicted molar refractivity (Wildman–Crippen MR) is 155 cm³/mol. The molecule has 0 unspecified atom stereocenters. The van der Waals surface area contributed by atoms with Crippen molar-refractivity contribution in [2.24, 2.45) is 5.73 Å². The summed E-state index contributed by atoms with van der Waals surface area (Å²) in [6, 6.07) is 3.61. The fourth-order valence-electron chi connectivity index (χ4n) is 5.03. The van der Waals surface area contributed by atoms with Crippen molar-refractivity contribution in [1.29, 1.82) is 0 Å². The molecule has 0 bridgehead atoms. The van der Waals surface area contributed by atoms with E-state index in [0.29, 0.717) is 41.7 Å². The SMILES string of the molecule is C[C@@H]1CCC[C@H](C)N1C[C@@H](O)CNS(=O)(=O)c1cc(Br)c(Br)s1.C[C@@H]1CCC[C@H](C)N1C[C@H](O)CN. The number of halogens is 2. The number of nitrogens with zero attached hydrogens (tertiary/aromatic N) is 2. The zero-order valence-corrected chi connectivity index (χ0v) is 26.7. The summed E-state index contributed by atoms with van der Waals surface area (Å²) in [7, 11) is -3.59.